The first-order chi connectivity index (χ1) is 6.84. The second-order valence-electron chi connectivity index (χ2n) is 3.66. The monoisotopic (exact) mass is 193 g/mol. The Balaban J connectivity index is 1.95. The first kappa shape index (κ1) is 9.24. The van der Waals surface area contributed by atoms with Crippen molar-refractivity contribution in [1.29, 1.82) is 0 Å². The van der Waals surface area contributed by atoms with Gasteiger partial charge in [0, 0.05) is 6.07 Å². The standard InChI is InChI=1S/C10H15N3O/c11-9-6-10(13-7-12-9)14-8-4-2-1-3-5-8/h6-8H,1-5H2,(H2,11,12,13). The summed E-state index contributed by atoms with van der Waals surface area (Å²) in [5.41, 5.74) is 5.53. The van der Waals surface area contributed by atoms with E-state index in [2.05, 4.69) is 9.97 Å². The van der Waals surface area contributed by atoms with Crippen molar-refractivity contribution in [3.05, 3.63) is 12.4 Å². The van der Waals surface area contributed by atoms with E-state index in [1.165, 1.54) is 25.6 Å². The van der Waals surface area contributed by atoms with E-state index >= 15 is 0 Å². The molecule has 0 radical (unpaired) electrons. The molecule has 1 heterocycles. The Labute approximate surface area is 83.5 Å². The Morgan fingerprint density at radius 1 is 1.21 bits per heavy atom. The van der Waals surface area contributed by atoms with Gasteiger partial charge in [0.05, 0.1) is 0 Å². The third-order valence-electron chi connectivity index (χ3n) is 2.50. The number of ether oxygens (including phenoxy) is 1. The first-order valence-electron chi connectivity index (χ1n) is 5.09. The van der Waals surface area contributed by atoms with Crippen LogP contribution in [-0.4, -0.2) is 16.1 Å². The van der Waals surface area contributed by atoms with Crippen molar-refractivity contribution >= 4 is 5.82 Å². The number of hydrogen-bond acceptors (Lipinski definition) is 4. The van der Waals surface area contributed by atoms with Gasteiger partial charge in [-0.25, -0.2) is 9.97 Å². The Morgan fingerprint density at radius 3 is 2.71 bits per heavy atom. The topological polar surface area (TPSA) is 61.0 Å². The van der Waals surface area contributed by atoms with Crippen molar-refractivity contribution in [2.24, 2.45) is 0 Å². The zero-order valence-corrected chi connectivity index (χ0v) is 8.15. The van der Waals surface area contributed by atoms with E-state index in [1.807, 2.05) is 0 Å². The molecule has 1 aliphatic carbocycles. The second-order valence-corrected chi connectivity index (χ2v) is 3.66. The van der Waals surface area contributed by atoms with Crippen LogP contribution in [0.2, 0.25) is 0 Å². The largest absolute Gasteiger partial charge is 0.474 e. The van der Waals surface area contributed by atoms with E-state index in [-0.39, 0.29) is 0 Å². The molecule has 0 aromatic carbocycles. The highest BCUT2D eigenvalue weighted by molar-refractivity contribution is 5.30. The summed E-state index contributed by atoms with van der Waals surface area (Å²) < 4.78 is 5.70. The molecule has 4 heteroatoms. The lowest BCUT2D eigenvalue weighted by Crippen LogP contribution is -2.20. The number of nitrogens with two attached hydrogens (primary N) is 1. The van der Waals surface area contributed by atoms with Gasteiger partial charge < -0.3 is 10.5 Å². The molecule has 1 aromatic rings. The fourth-order valence-corrected chi connectivity index (χ4v) is 1.77. The molecule has 1 saturated carbocycles. The lowest BCUT2D eigenvalue weighted by Gasteiger charge is -2.22. The van der Waals surface area contributed by atoms with E-state index in [0.29, 0.717) is 17.8 Å². The van der Waals surface area contributed by atoms with Gasteiger partial charge in [-0.05, 0) is 25.7 Å². The molecule has 0 bridgehead atoms. The zero-order chi connectivity index (χ0) is 9.80. The average molecular weight is 193 g/mol. The van der Waals surface area contributed by atoms with Crippen molar-refractivity contribution in [3.63, 3.8) is 0 Å². The highest BCUT2D eigenvalue weighted by Crippen LogP contribution is 2.22. The van der Waals surface area contributed by atoms with Crippen molar-refractivity contribution < 1.29 is 4.74 Å². The number of rotatable bonds is 2. The van der Waals surface area contributed by atoms with Crippen LogP contribution in [0.5, 0.6) is 5.88 Å². The van der Waals surface area contributed by atoms with E-state index in [9.17, 15) is 0 Å². The predicted molar refractivity (Wildman–Crippen MR) is 53.9 cm³/mol. The summed E-state index contributed by atoms with van der Waals surface area (Å²) in [5.74, 6) is 1.07. The highest BCUT2D eigenvalue weighted by atomic mass is 16.5. The molecule has 2 rings (SSSR count). The smallest absolute Gasteiger partial charge is 0.218 e. The molecule has 0 aliphatic heterocycles. The van der Waals surface area contributed by atoms with Gasteiger partial charge in [-0.2, -0.15) is 0 Å². The molecular weight excluding hydrogens is 178 g/mol. The summed E-state index contributed by atoms with van der Waals surface area (Å²) in [5, 5.41) is 0. The van der Waals surface area contributed by atoms with E-state index in [4.69, 9.17) is 10.5 Å². The molecule has 0 unspecified atom stereocenters. The van der Waals surface area contributed by atoms with Crippen molar-refractivity contribution in [2.45, 2.75) is 38.2 Å². The van der Waals surface area contributed by atoms with Gasteiger partial charge >= 0.3 is 0 Å². The maximum absolute atomic E-state index is 5.70. The summed E-state index contributed by atoms with van der Waals surface area (Å²) in [6.45, 7) is 0. The summed E-state index contributed by atoms with van der Waals surface area (Å²) >= 11 is 0. The van der Waals surface area contributed by atoms with Crippen LogP contribution in [0.15, 0.2) is 12.4 Å². The van der Waals surface area contributed by atoms with Gasteiger partial charge in [-0.15, -0.1) is 0 Å². The van der Waals surface area contributed by atoms with Crippen molar-refractivity contribution in [2.75, 3.05) is 5.73 Å². The van der Waals surface area contributed by atoms with Gasteiger partial charge in [0.1, 0.15) is 18.2 Å². The SMILES string of the molecule is Nc1cc(OC2CCCCC2)ncn1. The molecule has 2 N–H and O–H groups in total. The molecule has 0 spiro atoms. The number of hydrogen-bond donors (Lipinski definition) is 1. The Morgan fingerprint density at radius 2 is 2.00 bits per heavy atom. The van der Waals surface area contributed by atoms with E-state index in [0.717, 1.165) is 12.8 Å². The summed E-state index contributed by atoms with van der Waals surface area (Å²) in [7, 11) is 0. The molecular formula is C10H15N3O. The molecule has 0 atom stereocenters. The maximum Gasteiger partial charge on any atom is 0.218 e. The van der Waals surface area contributed by atoms with Crippen LogP contribution in [-0.2, 0) is 0 Å². The zero-order valence-electron chi connectivity index (χ0n) is 8.15. The third kappa shape index (κ3) is 2.34. The fourth-order valence-electron chi connectivity index (χ4n) is 1.77. The van der Waals surface area contributed by atoms with Crippen LogP contribution in [0.3, 0.4) is 0 Å². The highest BCUT2D eigenvalue weighted by Gasteiger charge is 2.15. The molecule has 76 valence electrons. The minimum atomic E-state index is 0.318. The molecule has 4 nitrogen and oxygen atoms in total. The molecule has 1 aliphatic rings. The van der Waals surface area contributed by atoms with Gasteiger partial charge in [-0.3, -0.25) is 0 Å². The van der Waals surface area contributed by atoms with Crippen molar-refractivity contribution in [1.82, 2.24) is 9.97 Å². The van der Waals surface area contributed by atoms with E-state index in [1.54, 1.807) is 6.07 Å². The summed E-state index contributed by atoms with van der Waals surface area (Å²) in [4.78, 5) is 7.84. The van der Waals surface area contributed by atoms with Crippen LogP contribution in [0.25, 0.3) is 0 Å². The van der Waals surface area contributed by atoms with Crippen LogP contribution >= 0.6 is 0 Å². The predicted octanol–water partition coefficient (Wildman–Crippen LogP) is 1.77. The minimum absolute atomic E-state index is 0.318. The molecule has 0 saturated heterocycles. The van der Waals surface area contributed by atoms with Crippen molar-refractivity contribution in [3.8, 4) is 5.88 Å². The number of nitrogens with zero attached hydrogens (tertiary/aromatic N) is 2. The fraction of sp³-hybridized carbons (Fsp3) is 0.600. The lowest BCUT2D eigenvalue weighted by molar-refractivity contribution is 0.148. The number of aromatic nitrogens is 2. The quantitative estimate of drug-likeness (QED) is 0.777. The molecule has 0 amide bonds. The molecule has 1 fully saturated rings. The van der Waals surface area contributed by atoms with Crippen LogP contribution in [0.4, 0.5) is 5.82 Å². The Bertz CT molecular complexity index is 297. The van der Waals surface area contributed by atoms with Gasteiger partial charge in [0.25, 0.3) is 0 Å². The van der Waals surface area contributed by atoms with Gasteiger partial charge in [0.15, 0.2) is 0 Å². The number of anilines is 1. The van der Waals surface area contributed by atoms with E-state index < -0.39 is 0 Å². The second kappa shape index (κ2) is 4.26. The Hall–Kier alpha value is -1.32. The van der Waals surface area contributed by atoms with Crippen LogP contribution < -0.4 is 10.5 Å². The third-order valence-corrected chi connectivity index (χ3v) is 2.50. The number of nitrogen functional groups attached to an aromatic ring is 1. The minimum Gasteiger partial charge on any atom is -0.474 e. The normalized spacial score (nSPS) is 18.0. The molecule has 1 aromatic heterocycles. The maximum atomic E-state index is 5.70. The van der Waals surface area contributed by atoms with Crippen LogP contribution in [0.1, 0.15) is 32.1 Å². The van der Waals surface area contributed by atoms with Crippen LogP contribution in [0, 0.1) is 0 Å². The average Bonchev–Trinajstić information content (AvgIpc) is 2.19. The molecule has 14 heavy (non-hydrogen) atoms. The summed E-state index contributed by atoms with van der Waals surface area (Å²) in [6, 6.07) is 1.68. The van der Waals surface area contributed by atoms with Gasteiger partial charge in [-0.1, -0.05) is 6.42 Å². The Kier molecular flexibility index (Phi) is 2.81. The summed E-state index contributed by atoms with van der Waals surface area (Å²) in [6.07, 6.45) is 7.85. The van der Waals surface area contributed by atoms with Gasteiger partial charge in [0.2, 0.25) is 5.88 Å². The first-order valence-corrected chi connectivity index (χ1v) is 5.09. The lowest BCUT2D eigenvalue weighted by atomic mass is 9.98.